The van der Waals surface area contributed by atoms with Crippen LogP contribution >= 0.6 is 0 Å². The monoisotopic (exact) mass is 142 g/mol. The Labute approximate surface area is 63.0 Å². The summed E-state index contributed by atoms with van der Waals surface area (Å²) in [6.45, 7) is 7.06. The van der Waals surface area contributed by atoms with E-state index >= 15 is 0 Å². The predicted molar refractivity (Wildman–Crippen MR) is 41.1 cm³/mol. The lowest BCUT2D eigenvalue weighted by molar-refractivity contribution is -0.00651. The van der Waals surface area contributed by atoms with E-state index in [1.165, 1.54) is 6.42 Å². The fraction of sp³-hybridized carbons (Fsp3) is 1.00. The number of rotatable bonds is 2. The molecule has 0 saturated carbocycles. The Hall–Kier alpha value is -0.0800. The molecule has 1 aliphatic rings. The lowest BCUT2D eigenvalue weighted by atomic mass is 10.0. The molecule has 0 aromatic heterocycles. The van der Waals surface area contributed by atoms with Crippen LogP contribution in [0.4, 0.5) is 0 Å². The highest BCUT2D eigenvalue weighted by atomic mass is 16.5. The van der Waals surface area contributed by atoms with Crippen LogP contribution in [0.15, 0.2) is 0 Å². The molecule has 1 heterocycles. The van der Waals surface area contributed by atoms with Crippen molar-refractivity contribution in [1.82, 2.24) is 5.32 Å². The van der Waals surface area contributed by atoms with E-state index in [1.807, 2.05) is 0 Å². The second-order valence-corrected chi connectivity index (χ2v) is 2.92. The van der Waals surface area contributed by atoms with Gasteiger partial charge in [0.2, 0.25) is 0 Å². The molecule has 1 rings (SSSR count). The van der Waals surface area contributed by atoms with Crippen LogP contribution in [0.3, 0.4) is 0 Å². The van der Waals surface area contributed by atoms with E-state index in [0.29, 0.717) is 12.0 Å². The standard InChI is InChI=1S/C8H16NO/c1-3-7(2)8-6-9-4-5-10-8/h7-8H,3-6H2,1-2H3. The van der Waals surface area contributed by atoms with E-state index in [1.54, 1.807) is 0 Å². The van der Waals surface area contributed by atoms with Crippen LogP contribution in [0.1, 0.15) is 20.3 Å². The van der Waals surface area contributed by atoms with Crippen molar-refractivity contribution in [2.24, 2.45) is 5.92 Å². The number of hydrogen-bond donors (Lipinski definition) is 0. The molecule has 0 spiro atoms. The summed E-state index contributed by atoms with van der Waals surface area (Å²) in [5.74, 6) is 0.670. The van der Waals surface area contributed by atoms with Crippen molar-refractivity contribution in [3.05, 3.63) is 0 Å². The fourth-order valence-corrected chi connectivity index (χ4v) is 1.15. The minimum Gasteiger partial charge on any atom is -0.375 e. The van der Waals surface area contributed by atoms with E-state index in [4.69, 9.17) is 4.74 Å². The quantitative estimate of drug-likeness (QED) is 0.565. The van der Waals surface area contributed by atoms with Gasteiger partial charge in [0.25, 0.3) is 0 Å². The second-order valence-electron chi connectivity index (χ2n) is 2.92. The van der Waals surface area contributed by atoms with E-state index in [0.717, 1.165) is 19.7 Å². The van der Waals surface area contributed by atoms with Crippen molar-refractivity contribution in [2.45, 2.75) is 26.4 Å². The van der Waals surface area contributed by atoms with E-state index in [9.17, 15) is 0 Å². The van der Waals surface area contributed by atoms with Crippen LogP contribution in [-0.2, 0) is 4.74 Å². The number of hydrogen-bond acceptors (Lipinski definition) is 1. The molecule has 0 bridgehead atoms. The molecule has 1 radical (unpaired) electrons. The van der Waals surface area contributed by atoms with Gasteiger partial charge in [-0.15, -0.1) is 0 Å². The van der Waals surface area contributed by atoms with E-state index in [2.05, 4.69) is 19.2 Å². The summed E-state index contributed by atoms with van der Waals surface area (Å²) in [6, 6.07) is 0. The van der Waals surface area contributed by atoms with Crippen LogP contribution in [-0.4, -0.2) is 25.8 Å². The molecule has 0 aliphatic carbocycles. The van der Waals surface area contributed by atoms with Gasteiger partial charge < -0.3 is 4.74 Å². The average molecular weight is 142 g/mol. The SMILES string of the molecule is CCC(C)C1C[N]CCO1. The molecule has 10 heavy (non-hydrogen) atoms. The summed E-state index contributed by atoms with van der Waals surface area (Å²) in [4.78, 5) is 0. The highest BCUT2D eigenvalue weighted by Gasteiger charge is 2.19. The number of ether oxygens (including phenoxy) is 1. The fourth-order valence-electron chi connectivity index (χ4n) is 1.15. The normalized spacial score (nSPS) is 30.0. The van der Waals surface area contributed by atoms with Gasteiger partial charge in [0.15, 0.2) is 0 Å². The smallest absolute Gasteiger partial charge is 0.0742 e. The van der Waals surface area contributed by atoms with Gasteiger partial charge in [-0.1, -0.05) is 20.3 Å². The lowest BCUT2D eigenvalue weighted by Crippen LogP contribution is -2.38. The number of nitrogens with zero attached hydrogens (tertiary/aromatic N) is 1. The Morgan fingerprint density at radius 2 is 2.50 bits per heavy atom. The summed E-state index contributed by atoms with van der Waals surface area (Å²) in [6.07, 6.45) is 1.60. The minimum absolute atomic E-state index is 0.402. The summed E-state index contributed by atoms with van der Waals surface area (Å²) >= 11 is 0. The molecule has 0 N–H and O–H groups in total. The van der Waals surface area contributed by atoms with E-state index < -0.39 is 0 Å². The maximum absolute atomic E-state index is 5.54. The second kappa shape index (κ2) is 3.94. The van der Waals surface area contributed by atoms with Gasteiger partial charge in [0.05, 0.1) is 12.7 Å². The van der Waals surface area contributed by atoms with Crippen molar-refractivity contribution in [1.29, 1.82) is 0 Å². The first-order valence-electron chi connectivity index (χ1n) is 4.09. The third kappa shape index (κ3) is 1.96. The molecule has 0 aromatic rings. The van der Waals surface area contributed by atoms with Gasteiger partial charge in [0, 0.05) is 13.1 Å². The maximum Gasteiger partial charge on any atom is 0.0742 e. The van der Waals surface area contributed by atoms with Crippen LogP contribution < -0.4 is 5.32 Å². The molecular formula is C8H16NO. The van der Waals surface area contributed by atoms with Crippen molar-refractivity contribution in [2.75, 3.05) is 19.7 Å². The van der Waals surface area contributed by atoms with Crippen molar-refractivity contribution < 1.29 is 4.74 Å². The molecule has 2 atom stereocenters. The third-order valence-corrected chi connectivity index (χ3v) is 2.17. The molecular weight excluding hydrogens is 126 g/mol. The summed E-state index contributed by atoms with van der Waals surface area (Å²) in [5, 5.41) is 4.30. The zero-order chi connectivity index (χ0) is 7.40. The van der Waals surface area contributed by atoms with Crippen molar-refractivity contribution in [3.63, 3.8) is 0 Å². The predicted octanol–water partition coefficient (Wildman–Crippen LogP) is 1.04. The third-order valence-electron chi connectivity index (χ3n) is 2.17. The first-order chi connectivity index (χ1) is 4.84. The first-order valence-corrected chi connectivity index (χ1v) is 4.09. The molecule has 1 aliphatic heterocycles. The van der Waals surface area contributed by atoms with Crippen molar-refractivity contribution in [3.8, 4) is 0 Å². The molecule has 2 heteroatoms. The lowest BCUT2D eigenvalue weighted by Gasteiger charge is -2.26. The molecule has 1 saturated heterocycles. The molecule has 1 fully saturated rings. The van der Waals surface area contributed by atoms with Gasteiger partial charge in [-0.05, 0) is 5.92 Å². The Balaban J connectivity index is 2.24. The van der Waals surface area contributed by atoms with Gasteiger partial charge in [-0.3, -0.25) is 0 Å². The minimum atomic E-state index is 0.402. The zero-order valence-corrected chi connectivity index (χ0v) is 6.84. The highest BCUT2D eigenvalue weighted by Crippen LogP contribution is 2.12. The van der Waals surface area contributed by atoms with Crippen LogP contribution in [0.5, 0.6) is 0 Å². The summed E-state index contributed by atoms with van der Waals surface area (Å²) in [5.41, 5.74) is 0. The topological polar surface area (TPSA) is 23.3 Å². The van der Waals surface area contributed by atoms with Gasteiger partial charge in [-0.25, -0.2) is 5.32 Å². The van der Waals surface area contributed by atoms with Gasteiger partial charge >= 0.3 is 0 Å². The Kier molecular flexibility index (Phi) is 3.16. The largest absolute Gasteiger partial charge is 0.375 e. The Bertz CT molecular complexity index is 89.3. The van der Waals surface area contributed by atoms with Crippen LogP contribution in [0, 0.1) is 5.92 Å². The van der Waals surface area contributed by atoms with Crippen LogP contribution in [0.2, 0.25) is 0 Å². The molecule has 2 nitrogen and oxygen atoms in total. The molecule has 0 amide bonds. The Morgan fingerprint density at radius 3 is 3.00 bits per heavy atom. The molecule has 2 unspecified atom stereocenters. The van der Waals surface area contributed by atoms with Gasteiger partial charge in [-0.2, -0.15) is 0 Å². The zero-order valence-electron chi connectivity index (χ0n) is 6.84. The first kappa shape index (κ1) is 8.02. The van der Waals surface area contributed by atoms with Crippen molar-refractivity contribution >= 4 is 0 Å². The maximum atomic E-state index is 5.54. The molecule has 59 valence electrons. The number of morpholine rings is 1. The Morgan fingerprint density at radius 1 is 1.70 bits per heavy atom. The van der Waals surface area contributed by atoms with Crippen LogP contribution in [0.25, 0.3) is 0 Å². The van der Waals surface area contributed by atoms with E-state index in [-0.39, 0.29) is 0 Å². The molecule has 0 aromatic carbocycles. The summed E-state index contributed by atoms with van der Waals surface area (Å²) in [7, 11) is 0. The highest BCUT2D eigenvalue weighted by molar-refractivity contribution is 4.71. The van der Waals surface area contributed by atoms with Gasteiger partial charge in [0.1, 0.15) is 0 Å². The average Bonchev–Trinajstić information content (AvgIpc) is 2.05. The summed E-state index contributed by atoms with van der Waals surface area (Å²) < 4.78 is 5.54.